The average Bonchev–Trinajstić information content (AvgIpc) is 2.30. The molecule has 0 radical (unpaired) electrons. The molecule has 0 unspecified atom stereocenters. The number of hydrogen-bond acceptors (Lipinski definition) is 3. The highest BCUT2D eigenvalue weighted by atomic mass is 16.7. The lowest BCUT2D eigenvalue weighted by Crippen LogP contribution is -2.32. The van der Waals surface area contributed by atoms with Crippen molar-refractivity contribution in [1.82, 2.24) is 0 Å². The zero-order valence-electron chi connectivity index (χ0n) is 9.34. The van der Waals surface area contributed by atoms with Crippen LogP contribution in [0.1, 0.15) is 31.6 Å². The molecule has 3 nitrogen and oxygen atoms in total. The summed E-state index contributed by atoms with van der Waals surface area (Å²) in [5.41, 5.74) is 1.00. The van der Waals surface area contributed by atoms with Gasteiger partial charge in [0, 0.05) is 18.4 Å². The van der Waals surface area contributed by atoms with Crippen molar-refractivity contribution in [3.8, 4) is 0 Å². The van der Waals surface area contributed by atoms with Crippen molar-refractivity contribution < 1.29 is 14.3 Å². The number of benzene rings is 1. The number of hydrogen-bond donors (Lipinski definition) is 0. The summed E-state index contributed by atoms with van der Waals surface area (Å²) in [5, 5.41) is 0. The van der Waals surface area contributed by atoms with Gasteiger partial charge < -0.3 is 14.3 Å². The fourth-order valence-electron chi connectivity index (χ4n) is 1.93. The van der Waals surface area contributed by atoms with E-state index in [4.69, 9.17) is 9.47 Å². The number of rotatable bonds is 3. The van der Waals surface area contributed by atoms with Gasteiger partial charge in [-0.05, 0) is 6.92 Å². The van der Waals surface area contributed by atoms with Gasteiger partial charge in [0.2, 0.25) is 0 Å². The first-order valence-corrected chi connectivity index (χ1v) is 5.59. The third kappa shape index (κ3) is 2.68. The third-order valence-corrected chi connectivity index (χ3v) is 2.70. The van der Waals surface area contributed by atoms with Crippen molar-refractivity contribution in [3.05, 3.63) is 35.9 Å². The van der Waals surface area contributed by atoms with Gasteiger partial charge in [-0.2, -0.15) is 0 Å². The number of carbonyl (C=O) groups excluding carboxylic acids is 1. The van der Waals surface area contributed by atoms with Crippen LogP contribution < -0.4 is 0 Å². The monoisotopic (exact) mass is 220 g/mol. The van der Waals surface area contributed by atoms with Gasteiger partial charge in [-0.15, -0.1) is 0 Å². The maximum atomic E-state index is 10.5. The van der Waals surface area contributed by atoms with Crippen LogP contribution in [0.15, 0.2) is 30.3 Å². The molecule has 1 aliphatic rings. The zero-order chi connectivity index (χ0) is 11.4. The molecule has 0 N–H and O–H groups in total. The Morgan fingerprint density at radius 3 is 2.75 bits per heavy atom. The zero-order valence-corrected chi connectivity index (χ0v) is 9.34. The Morgan fingerprint density at radius 2 is 2.06 bits per heavy atom. The molecule has 0 aliphatic carbocycles. The fourth-order valence-corrected chi connectivity index (χ4v) is 1.93. The highest BCUT2D eigenvalue weighted by molar-refractivity contribution is 5.50. The molecule has 0 bridgehead atoms. The molecule has 1 aliphatic heterocycles. The summed E-state index contributed by atoms with van der Waals surface area (Å²) in [6, 6.07) is 9.81. The van der Waals surface area contributed by atoms with E-state index in [1.807, 2.05) is 37.3 Å². The molecular weight excluding hydrogens is 204 g/mol. The minimum Gasteiger partial charge on any atom is -0.345 e. The minimum absolute atomic E-state index is 0.0218. The van der Waals surface area contributed by atoms with E-state index >= 15 is 0 Å². The predicted octanol–water partition coefficient (Wildman–Crippen LogP) is 2.47. The van der Waals surface area contributed by atoms with E-state index in [1.165, 1.54) is 0 Å². The van der Waals surface area contributed by atoms with E-state index in [0.717, 1.165) is 18.3 Å². The molecule has 0 aromatic heterocycles. The van der Waals surface area contributed by atoms with Crippen LogP contribution in [-0.4, -0.2) is 18.5 Å². The van der Waals surface area contributed by atoms with Crippen molar-refractivity contribution in [3.63, 3.8) is 0 Å². The number of carbonyl (C=O) groups is 1. The molecule has 1 fully saturated rings. The Hall–Kier alpha value is -1.19. The van der Waals surface area contributed by atoms with Crippen LogP contribution in [0.3, 0.4) is 0 Å². The molecule has 1 aromatic rings. The van der Waals surface area contributed by atoms with E-state index in [0.29, 0.717) is 6.42 Å². The highest BCUT2D eigenvalue weighted by Crippen LogP contribution is 2.30. The first-order chi connectivity index (χ1) is 7.79. The van der Waals surface area contributed by atoms with E-state index in [1.54, 1.807) is 0 Å². The molecule has 0 spiro atoms. The smallest absolute Gasteiger partial charge is 0.184 e. The Balaban J connectivity index is 2.07. The molecule has 86 valence electrons. The summed E-state index contributed by atoms with van der Waals surface area (Å²) in [5.74, 6) is 0. The summed E-state index contributed by atoms with van der Waals surface area (Å²) in [6.07, 6.45) is 1.90. The van der Waals surface area contributed by atoms with Crippen molar-refractivity contribution in [2.45, 2.75) is 38.3 Å². The lowest BCUT2D eigenvalue weighted by Gasteiger charge is -2.33. The molecule has 0 amide bonds. The van der Waals surface area contributed by atoms with E-state index < -0.39 is 0 Å². The SMILES string of the molecule is C[C@H]1C[C@@H](CC=O)O[C@@H](c2ccccc2)O1. The summed E-state index contributed by atoms with van der Waals surface area (Å²) in [7, 11) is 0. The molecule has 1 aromatic carbocycles. The Kier molecular flexibility index (Phi) is 3.70. The molecular formula is C13H16O3. The number of aldehydes is 1. The Morgan fingerprint density at radius 1 is 1.31 bits per heavy atom. The van der Waals surface area contributed by atoms with Crippen molar-refractivity contribution in [2.24, 2.45) is 0 Å². The summed E-state index contributed by atoms with van der Waals surface area (Å²) >= 11 is 0. The maximum Gasteiger partial charge on any atom is 0.184 e. The van der Waals surface area contributed by atoms with Gasteiger partial charge in [-0.25, -0.2) is 0 Å². The van der Waals surface area contributed by atoms with Crippen LogP contribution in [0.4, 0.5) is 0 Å². The van der Waals surface area contributed by atoms with E-state index in [2.05, 4.69) is 0 Å². The van der Waals surface area contributed by atoms with Gasteiger partial charge in [0.15, 0.2) is 6.29 Å². The third-order valence-electron chi connectivity index (χ3n) is 2.70. The molecule has 1 heterocycles. The summed E-state index contributed by atoms with van der Waals surface area (Å²) < 4.78 is 11.4. The molecule has 0 saturated carbocycles. The molecule has 16 heavy (non-hydrogen) atoms. The molecule has 3 heteroatoms. The largest absolute Gasteiger partial charge is 0.345 e. The van der Waals surface area contributed by atoms with Crippen LogP contribution in [0.2, 0.25) is 0 Å². The number of ether oxygens (including phenoxy) is 2. The Bertz CT molecular complexity index is 336. The van der Waals surface area contributed by atoms with Crippen LogP contribution in [0.25, 0.3) is 0 Å². The predicted molar refractivity (Wildman–Crippen MR) is 59.9 cm³/mol. The molecule has 2 rings (SSSR count). The summed E-state index contributed by atoms with van der Waals surface area (Å²) in [6.45, 7) is 2.01. The summed E-state index contributed by atoms with van der Waals surface area (Å²) in [4.78, 5) is 10.5. The Labute approximate surface area is 95.4 Å². The van der Waals surface area contributed by atoms with Gasteiger partial charge >= 0.3 is 0 Å². The second kappa shape index (κ2) is 5.23. The first-order valence-electron chi connectivity index (χ1n) is 5.59. The van der Waals surface area contributed by atoms with Crippen LogP contribution >= 0.6 is 0 Å². The fraction of sp³-hybridized carbons (Fsp3) is 0.462. The van der Waals surface area contributed by atoms with Crippen LogP contribution in [0.5, 0.6) is 0 Å². The van der Waals surface area contributed by atoms with Crippen LogP contribution in [-0.2, 0) is 14.3 Å². The van der Waals surface area contributed by atoms with E-state index in [-0.39, 0.29) is 18.5 Å². The van der Waals surface area contributed by atoms with Gasteiger partial charge in [0.25, 0.3) is 0 Å². The lowest BCUT2D eigenvalue weighted by atomic mass is 10.1. The second-order valence-corrected chi connectivity index (χ2v) is 4.09. The second-order valence-electron chi connectivity index (χ2n) is 4.09. The van der Waals surface area contributed by atoms with Gasteiger partial charge in [0.05, 0.1) is 12.2 Å². The highest BCUT2D eigenvalue weighted by Gasteiger charge is 2.28. The molecule has 1 saturated heterocycles. The first kappa shape index (κ1) is 11.3. The van der Waals surface area contributed by atoms with Crippen molar-refractivity contribution >= 4 is 6.29 Å². The topological polar surface area (TPSA) is 35.5 Å². The minimum atomic E-state index is -0.338. The maximum absolute atomic E-state index is 10.5. The van der Waals surface area contributed by atoms with Gasteiger partial charge in [-0.3, -0.25) is 0 Å². The van der Waals surface area contributed by atoms with Gasteiger partial charge in [0.1, 0.15) is 6.29 Å². The van der Waals surface area contributed by atoms with Crippen molar-refractivity contribution in [1.29, 1.82) is 0 Å². The van der Waals surface area contributed by atoms with Gasteiger partial charge in [-0.1, -0.05) is 30.3 Å². The van der Waals surface area contributed by atoms with E-state index in [9.17, 15) is 4.79 Å². The standard InChI is InChI=1S/C13H16O3/c1-10-9-12(7-8-14)16-13(15-10)11-5-3-2-4-6-11/h2-6,8,10,12-13H,7,9H2,1H3/t10-,12+,13-/m0/s1. The van der Waals surface area contributed by atoms with Crippen molar-refractivity contribution in [2.75, 3.05) is 0 Å². The average molecular weight is 220 g/mol. The quantitative estimate of drug-likeness (QED) is 0.734. The van der Waals surface area contributed by atoms with Crippen LogP contribution in [0, 0.1) is 0 Å². The molecule has 3 atom stereocenters. The normalized spacial score (nSPS) is 29.9. The lowest BCUT2D eigenvalue weighted by molar-refractivity contribution is -0.243.